The molecule has 32 heavy (non-hydrogen) atoms. The van der Waals surface area contributed by atoms with Crippen LogP contribution >= 0.6 is 11.6 Å². The summed E-state index contributed by atoms with van der Waals surface area (Å²) in [5.41, 5.74) is 0.417. The normalized spacial score (nSPS) is 14.3. The molecule has 0 bridgehead atoms. The molecule has 1 aliphatic heterocycles. The second kappa shape index (κ2) is 9.13. The molecule has 1 saturated heterocycles. The molecular formula is C22H20ClFN4O3S. The van der Waals surface area contributed by atoms with Gasteiger partial charge in [-0.1, -0.05) is 23.7 Å². The number of nitrogens with one attached hydrogen (secondary N) is 1. The van der Waals surface area contributed by atoms with Gasteiger partial charge in [-0.25, -0.2) is 17.8 Å². The number of rotatable bonds is 5. The number of piperazine rings is 1. The van der Waals surface area contributed by atoms with Crippen molar-refractivity contribution in [2.75, 3.05) is 35.8 Å². The molecule has 1 aliphatic rings. The van der Waals surface area contributed by atoms with E-state index in [2.05, 4.69) is 14.6 Å². The van der Waals surface area contributed by atoms with Gasteiger partial charge in [0.2, 0.25) is 0 Å². The van der Waals surface area contributed by atoms with E-state index in [-0.39, 0.29) is 22.1 Å². The van der Waals surface area contributed by atoms with Crippen LogP contribution in [0.2, 0.25) is 5.02 Å². The van der Waals surface area contributed by atoms with Crippen LogP contribution in [0.4, 0.5) is 15.9 Å². The van der Waals surface area contributed by atoms with E-state index in [1.54, 1.807) is 35.4 Å². The van der Waals surface area contributed by atoms with Crippen molar-refractivity contribution in [2.24, 2.45) is 0 Å². The largest absolute Gasteiger partial charge is 0.353 e. The number of aromatic nitrogens is 1. The highest BCUT2D eigenvalue weighted by atomic mass is 35.5. The van der Waals surface area contributed by atoms with Crippen LogP contribution in [0, 0.1) is 5.82 Å². The Bertz CT molecular complexity index is 1210. The van der Waals surface area contributed by atoms with Gasteiger partial charge in [0.15, 0.2) is 0 Å². The number of halogens is 2. The number of hydrogen-bond acceptors (Lipinski definition) is 5. The SMILES string of the molecule is O=C(c1ccccc1NS(=O)(=O)c1ccc(F)cc1)N1CCN(c2ccc(Cl)cn2)CC1. The zero-order valence-electron chi connectivity index (χ0n) is 16.9. The van der Waals surface area contributed by atoms with E-state index in [1.807, 2.05) is 6.07 Å². The van der Waals surface area contributed by atoms with Crippen molar-refractivity contribution in [1.29, 1.82) is 0 Å². The molecule has 0 radical (unpaired) electrons. The molecule has 3 aromatic rings. The highest BCUT2D eigenvalue weighted by Gasteiger charge is 2.26. The number of carbonyl (C=O) groups is 1. The lowest BCUT2D eigenvalue weighted by molar-refractivity contribution is 0.0747. The maximum atomic E-state index is 13.2. The molecule has 1 amide bonds. The summed E-state index contributed by atoms with van der Waals surface area (Å²) >= 11 is 5.89. The smallest absolute Gasteiger partial charge is 0.261 e. The number of pyridine rings is 1. The van der Waals surface area contributed by atoms with E-state index < -0.39 is 15.8 Å². The minimum Gasteiger partial charge on any atom is -0.353 e. The third-order valence-corrected chi connectivity index (χ3v) is 6.73. The van der Waals surface area contributed by atoms with Gasteiger partial charge >= 0.3 is 0 Å². The molecule has 7 nitrogen and oxygen atoms in total. The maximum absolute atomic E-state index is 13.2. The van der Waals surface area contributed by atoms with Crippen molar-refractivity contribution in [2.45, 2.75) is 4.90 Å². The molecule has 2 aromatic carbocycles. The quantitative estimate of drug-likeness (QED) is 0.610. The summed E-state index contributed by atoms with van der Waals surface area (Å²) in [6.45, 7) is 2.10. The topological polar surface area (TPSA) is 82.6 Å². The van der Waals surface area contributed by atoms with Crippen LogP contribution in [0.5, 0.6) is 0 Å². The number of para-hydroxylation sites is 1. The summed E-state index contributed by atoms with van der Waals surface area (Å²) in [5, 5.41) is 0.558. The average Bonchev–Trinajstić information content (AvgIpc) is 2.80. The summed E-state index contributed by atoms with van der Waals surface area (Å²) in [5.74, 6) is -0.0208. The standard InChI is InChI=1S/C22H20ClFN4O3S/c23-16-5-10-21(25-15-16)27-11-13-28(14-12-27)22(29)19-3-1-2-4-20(19)26-32(30,31)18-8-6-17(24)7-9-18/h1-10,15,26H,11-14H2. The number of benzene rings is 2. The van der Waals surface area contributed by atoms with Gasteiger partial charge in [-0.15, -0.1) is 0 Å². The molecule has 1 fully saturated rings. The Morgan fingerprint density at radius 2 is 1.66 bits per heavy atom. The average molecular weight is 475 g/mol. The number of hydrogen-bond donors (Lipinski definition) is 1. The molecule has 1 aromatic heterocycles. The summed E-state index contributed by atoms with van der Waals surface area (Å²) in [6.07, 6.45) is 1.58. The zero-order chi connectivity index (χ0) is 22.7. The van der Waals surface area contributed by atoms with Crippen molar-refractivity contribution in [3.05, 3.63) is 83.3 Å². The van der Waals surface area contributed by atoms with Crippen LogP contribution < -0.4 is 9.62 Å². The Morgan fingerprint density at radius 1 is 0.969 bits per heavy atom. The van der Waals surface area contributed by atoms with Gasteiger partial charge in [-0.2, -0.15) is 0 Å². The molecule has 0 spiro atoms. The van der Waals surface area contributed by atoms with Crippen LogP contribution in [0.25, 0.3) is 0 Å². The lowest BCUT2D eigenvalue weighted by Crippen LogP contribution is -2.49. The predicted octanol–water partition coefficient (Wildman–Crippen LogP) is 3.64. The lowest BCUT2D eigenvalue weighted by atomic mass is 10.1. The number of amides is 1. The molecule has 1 N–H and O–H groups in total. The van der Waals surface area contributed by atoms with Crippen LogP contribution in [0.15, 0.2) is 71.8 Å². The molecular weight excluding hydrogens is 455 g/mol. The van der Waals surface area contributed by atoms with E-state index in [0.29, 0.717) is 31.2 Å². The second-order valence-corrected chi connectivity index (χ2v) is 9.34. The van der Waals surface area contributed by atoms with Gasteiger partial charge in [-0.05, 0) is 48.5 Å². The van der Waals surface area contributed by atoms with E-state index in [9.17, 15) is 17.6 Å². The first-order valence-electron chi connectivity index (χ1n) is 9.87. The first-order valence-corrected chi connectivity index (χ1v) is 11.7. The Kier molecular flexibility index (Phi) is 6.29. The number of carbonyl (C=O) groups excluding carboxylic acids is 1. The maximum Gasteiger partial charge on any atom is 0.261 e. The monoisotopic (exact) mass is 474 g/mol. The third kappa shape index (κ3) is 4.84. The third-order valence-electron chi connectivity index (χ3n) is 5.13. The molecule has 2 heterocycles. The first kappa shape index (κ1) is 22.0. The number of nitrogens with zero attached hydrogens (tertiary/aromatic N) is 3. The Balaban J connectivity index is 1.48. The highest BCUT2D eigenvalue weighted by Crippen LogP contribution is 2.23. The van der Waals surface area contributed by atoms with Gasteiger partial charge in [0.05, 0.1) is 21.2 Å². The molecule has 0 saturated carbocycles. The van der Waals surface area contributed by atoms with E-state index in [1.165, 1.54) is 18.2 Å². The predicted molar refractivity (Wildman–Crippen MR) is 121 cm³/mol. The molecule has 166 valence electrons. The summed E-state index contributed by atoms with van der Waals surface area (Å²) < 4.78 is 41.0. The first-order chi connectivity index (χ1) is 15.3. The summed E-state index contributed by atoms with van der Waals surface area (Å²) in [7, 11) is -3.98. The van der Waals surface area contributed by atoms with Crippen molar-refractivity contribution < 1.29 is 17.6 Å². The van der Waals surface area contributed by atoms with Crippen molar-refractivity contribution in [3.63, 3.8) is 0 Å². The zero-order valence-corrected chi connectivity index (χ0v) is 18.5. The van der Waals surface area contributed by atoms with E-state index in [4.69, 9.17) is 11.6 Å². The molecule has 10 heteroatoms. The molecule has 4 rings (SSSR count). The fourth-order valence-corrected chi connectivity index (χ4v) is 4.63. The minimum absolute atomic E-state index is 0.0924. The Labute approximate surface area is 190 Å². The van der Waals surface area contributed by atoms with E-state index >= 15 is 0 Å². The van der Waals surface area contributed by atoms with Gasteiger partial charge < -0.3 is 9.80 Å². The second-order valence-electron chi connectivity index (χ2n) is 7.22. The van der Waals surface area contributed by atoms with Crippen LogP contribution in [-0.4, -0.2) is 50.4 Å². The molecule has 0 aliphatic carbocycles. The summed E-state index contributed by atoms with van der Waals surface area (Å²) in [6, 6.07) is 14.5. The molecule has 0 unspecified atom stereocenters. The number of anilines is 2. The fourth-order valence-electron chi connectivity index (χ4n) is 3.44. The van der Waals surface area contributed by atoms with Gasteiger partial charge in [0, 0.05) is 32.4 Å². The highest BCUT2D eigenvalue weighted by molar-refractivity contribution is 7.92. The van der Waals surface area contributed by atoms with Gasteiger partial charge in [0.25, 0.3) is 15.9 Å². The van der Waals surface area contributed by atoms with Crippen LogP contribution in [0.1, 0.15) is 10.4 Å². The Hall–Kier alpha value is -3.17. The molecule has 0 atom stereocenters. The summed E-state index contributed by atoms with van der Waals surface area (Å²) in [4.78, 5) is 21.1. The van der Waals surface area contributed by atoms with Crippen LogP contribution in [-0.2, 0) is 10.0 Å². The lowest BCUT2D eigenvalue weighted by Gasteiger charge is -2.35. The van der Waals surface area contributed by atoms with Crippen LogP contribution in [0.3, 0.4) is 0 Å². The van der Waals surface area contributed by atoms with Crippen molar-refractivity contribution >= 4 is 39.0 Å². The number of sulfonamides is 1. The van der Waals surface area contributed by atoms with Gasteiger partial charge in [0.1, 0.15) is 11.6 Å². The van der Waals surface area contributed by atoms with Crippen molar-refractivity contribution in [3.8, 4) is 0 Å². The van der Waals surface area contributed by atoms with Crippen molar-refractivity contribution in [1.82, 2.24) is 9.88 Å². The fraction of sp³-hybridized carbons (Fsp3) is 0.182. The van der Waals surface area contributed by atoms with Gasteiger partial charge in [-0.3, -0.25) is 9.52 Å². The van der Waals surface area contributed by atoms with E-state index in [0.717, 1.165) is 18.0 Å². The Morgan fingerprint density at radius 3 is 2.31 bits per heavy atom. The minimum atomic E-state index is -3.98.